The van der Waals surface area contributed by atoms with Crippen molar-refractivity contribution in [3.63, 3.8) is 0 Å². The Morgan fingerprint density at radius 1 is 0.871 bits per heavy atom. The standard InChI is InChI=1S/C25H20O6/c1-28-21-11-12-22-19(13-24(26)31-23(22)14-21)16-30-25(27)18-9-7-17(8-10-18)15-29-20-5-3-2-4-6-20/h2-14H,15-16H2,1H3. The van der Waals surface area contributed by atoms with Gasteiger partial charge in [-0.15, -0.1) is 0 Å². The maximum atomic E-state index is 12.5. The minimum atomic E-state index is -0.519. The molecule has 31 heavy (non-hydrogen) atoms. The molecule has 6 nitrogen and oxygen atoms in total. The van der Waals surface area contributed by atoms with Crippen molar-refractivity contribution < 1.29 is 23.4 Å². The van der Waals surface area contributed by atoms with Gasteiger partial charge < -0.3 is 18.6 Å². The first-order valence-electron chi connectivity index (χ1n) is 9.67. The Labute approximate surface area is 178 Å². The van der Waals surface area contributed by atoms with Crippen molar-refractivity contribution >= 4 is 16.9 Å². The number of benzene rings is 3. The number of esters is 1. The average Bonchev–Trinajstić information content (AvgIpc) is 2.81. The van der Waals surface area contributed by atoms with E-state index in [0.717, 1.165) is 11.3 Å². The van der Waals surface area contributed by atoms with Gasteiger partial charge in [0.15, 0.2) is 0 Å². The number of hydrogen-bond donors (Lipinski definition) is 0. The summed E-state index contributed by atoms with van der Waals surface area (Å²) < 4.78 is 21.5. The maximum Gasteiger partial charge on any atom is 0.338 e. The zero-order valence-corrected chi connectivity index (χ0v) is 16.9. The van der Waals surface area contributed by atoms with E-state index in [1.54, 1.807) is 30.3 Å². The van der Waals surface area contributed by atoms with Gasteiger partial charge in [0.2, 0.25) is 0 Å². The summed E-state index contributed by atoms with van der Waals surface area (Å²) in [5.41, 5.74) is 1.77. The minimum Gasteiger partial charge on any atom is -0.497 e. The zero-order valence-electron chi connectivity index (χ0n) is 16.9. The predicted octanol–water partition coefficient (Wildman–Crippen LogP) is 4.74. The molecule has 3 aromatic carbocycles. The lowest BCUT2D eigenvalue weighted by Gasteiger charge is -2.09. The van der Waals surface area contributed by atoms with Gasteiger partial charge >= 0.3 is 11.6 Å². The molecule has 4 rings (SSSR count). The maximum absolute atomic E-state index is 12.5. The molecule has 0 radical (unpaired) electrons. The average molecular weight is 416 g/mol. The minimum absolute atomic E-state index is 0.0495. The largest absolute Gasteiger partial charge is 0.497 e. The van der Waals surface area contributed by atoms with Gasteiger partial charge in [-0.1, -0.05) is 30.3 Å². The molecule has 0 atom stereocenters. The number of ether oxygens (including phenoxy) is 3. The van der Waals surface area contributed by atoms with E-state index in [2.05, 4.69) is 0 Å². The van der Waals surface area contributed by atoms with Crippen LogP contribution in [0.2, 0.25) is 0 Å². The van der Waals surface area contributed by atoms with E-state index in [9.17, 15) is 9.59 Å². The molecule has 0 bridgehead atoms. The Hall–Kier alpha value is -4.06. The van der Waals surface area contributed by atoms with Crippen LogP contribution in [0, 0.1) is 0 Å². The van der Waals surface area contributed by atoms with Gasteiger partial charge in [0, 0.05) is 23.1 Å². The predicted molar refractivity (Wildman–Crippen MR) is 115 cm³/mol. The summed E-state index contributed by atoms with van der Waals surface area (Å²) in [6.07, 6.45) is 0. The third-order valence-corrected chi connectivity index (χ3v) is 4.73. The van der Waals surface area contributed by atoms with Crippen LogP contribution in [0.3, 0.4) is 0 Å². The third kappa shape index (κ3) is 4.93. The van der Waals surface area contributed by atoms with Crippen molar-refractivity contribution in [2.24, 2.45) is 0 Å². The van der Waals surface area contributed by atoms with Crippen LogP contribution in [0.25, 0.3) is 11.0 Å². The van der Waals surface area contributed by atoms with Gasteiger partial charge in [0.05, 0.1) is 12.7 Å². The van der Waals surface area contributed by atoms with Crippen molar-refractivity contribution in [1.82, 2.24) is 0 Å². The van der Waals surface area contributed by atoms with Gasteiger partial charge in [-0.05, 0) is 42.0 Å². The normalized spacial score (nSPS) is 10.6. The highest BCUT2D eigenvalue weighted by Gasteiger charge is 2.12. The van der Waals surface area contributed by atoms with E-state index in [4.69, 9.17) is 18.6 Å². The van der Waals surface area contributed by atoms with Crippen LogP contribution in [0.4, 0.5) is 0 Å². The van der Waals surface area contributed by atoms with Crippen LogP contribution >= 0.6 is 0 Å². The monoisotopic (exact) mass is 416 g/mol. The lowest BCUT2D eigenvalue weighted by molar-refractivity contribution is 0.0473. The van der Waals surface area contributed by atoms with Crippen molar-refractivity contribution in [2.75, 3.05) is 7.11 Å². The van der Waals surface area contributed by atoms with Gasteiger partial charge in [0.1, 0.15) is 30.3 Å². The fourth-order valence-corrected chi connectivity index (χ4v) is 3.10. The molecule has 0 fully saturated rings. The molecule has 0 spiro atoms. The number of carbonyl (C=O) groups excluding carboxylic acids is 1. The second-order valence-electron chi connectivity index (χ2n) is 6.83. The van der Waals surface area contributed by atoms with Gasteiger partial charge in [-0.25, -0.2) is 9.59 Å². The van der Waals surface area contributed by atoms with E-state index in [0.29, 0.717) is 34.5 Å². The lowest BCUT2D eigenvalue weighted by atomic mass is 10.1. The number of hydrogen-bond acceptors (Lipinski definition) is 6. The fourth-order valence-electron chi connectivity index (χ4n) is 3.10. The molecule has 1 heterocycles. The van der Waals surface area contributed by atoms with Gasteiger partial charge in [-0.3, -0.25) is 0 Å². The van der Waals surface area contributed by atoms with Gasteiger partial charge in [-0.2, -0.15) is 0 Å². The molecule has 0 N–H and O–H groups in total. The van der Waals surface area contributed by atoms with Crippen LogP contribution < -0.4 is 15.1 Å². The molecule has 0 unspecified atom stereocenters. The van der Waals surface area contributed by atoms with Crippen molar-refractivity contribution in [3.8, 4) is 11.5 Å². The SMILES string of the molecule is COc1ccc2c(COC(=O)c3ccc(COc4ccccc4)cc3)cc(=O)oc2c1. The van der Waals surface area contributed by atoms with E-state index in [-0.39, 0.29) is 6.61 Å². The molecule has 0 aliphatic carbocycles. The fraction of sp³-hybridized carbons (Fsp3) is 0.120. The molecule has 1 aromatic heterocycles. The number of para-hydroxylation sites is 1. The van der Waals surface area contributed by atoms with Crippen LogP contribution in [0.15, 0.2) is 88.1 Å². The Morgan fingerprint density at radius 3 is 2.39 bits per heavy atom. The second-order valence-corrected chi connectivity index (χ2v) is 6.83. The molecule has 6 heteroatoms. The number of methoxy groups -OCH3 is 1. The van der Waals surface area contributed by atoms with Crippen LogP contribution in [0.1, 0.15) is 21.5 Å². The summed E-state index contributed by atoms with van der Waals surface area (Å²) in [5, 5.41) is 0.682. The van der Waals surface area contributed by atoms with E-state index >= 15 is 0 Å². The first kappa shape index (κ1) is 20.2. The van der Waals surface area contributed by atoms with Crippen LogP contribution in [0.5, 0.6) is 11.5 Å². The lowest BCUT2D eigenvalue weighted by Crippen LogP contribution is -2.08. The molecular formula is C25H20O6. The Bertz CT molecular complexity index is 1240. The Kier molecular flexibility index (Phi) is 5.98. The molecular weight excluding hydrogens is 396 g/mol. The number of fused-ring (bicyclic) bond motifs is 1. The molecule has 4 aromatic rings. The Morgan fingerprint density at radius 2 is 1.65 bits per heavy atom. The molecule has 156 valence electrons. The molecule has 0 saturated carbocycles. The molecule has 0 aliphatic heterocycles. The number of rotatable bonds is 7. The van der Waals surface area contributed by atoms with E-state index < -0.39 is 11.6 Å². The first-order valence-corrected chi connectivity index (χ1v) is 9.67. The molecule has 0 saturated heterocycles. The summed E-state index contributed by atoms with van der Waals surface area (Å²) in [6, 6.07) is 23.0. The molecule has 0 amide bonds. The summed E-state index contributed by atoms with van der Waals surface area (Å²) in [6.45, 7) is 0.348. The van der Waals surface area contributed by atoms with Crippen molar-refractivity contribution in [2.45, 2.75) is 13.2 Å². The topological polar surface area (TPSA) is 75.0 Å². The van der Waals surface area contributed by atoms with Crippen molar-refractivity contribution in [3.05, 3.63) is 106 Å². The summed E-state index contributed by atoms with van der Waals surface area (Å²) >= 11 is 0. The van der Waals surface area contributed by atoms with Crippen molar-refractivity contribution in [1.29, 1.82) is 0 Å². The molecule has 0 aliphatic rings. The Balaban J connectivity index is 1.41. The summed E-state index contributed by atoms with van der Waals surface area (Å²) in [7, 11) is 1.53. The van der Waals surface area contributed by atoms with Crippen LogP contribution in [-0.2, 0) is 18.0 Å². The smallest absolute Gasteiger partial charge is 0.338 e. The summed E-state index contributed by atoms with van der Waals surface area (Å²) in [4.78, 5) is 24.3. The highest BCUT2D eigenvalue weighted by atomic mass is 16.5. The highest BCUT2D eigenvalue weighted by molar-refractivity contribution is 5.89. The van der Waals surface area contributed by atoms with Crippen LogP contribution in [-0.4, -0.2) is 13.1 Å². The quantitative estimate of drug-likeness (QED) is 0.320. The first-order chi connectivity index (χ1) is 15.1. The highest BCUT2D eigenvalue weighted by Crippen LogP contribution is 2.23. The number of carbonyl (C=O) groups is 1. The van der Waals surface area contributed by atoms with Gasteiger partial charge in [0.25, 0.3) is 0 Å². The second kappa shape index (κ2) is 9.17. The van der Waals surface area contributed by atoms with E-state index in [1.165, 1.54) is 13.2 Å². The third-order valence-electron chi connectivity index (χ3n) is 4.73. The van der Waals surface area contributed by atoms with E-state index in [1.807, 2.05) is 42.5 Å². The summed E-state index contributed by atoms with van der Waals surface area (Å²) in [5.74, 6) is 0.870. The zero-order chi connectivity index (χ0) is 21.6.